The molecule has 1 aromatic rings. The highest BCUT2D eigenvalue weighted by atomic mass is 35.5. The number of nitro groups is 1. The monoisotopic (exact) mass is 336 g/mol. The van der Waals surface area contributed by atoms with Gasteiger partial charge in [0.15, 0.2) is 0 Å². The number of amides is 1. The van der Waals surface area contributed by atoms with Crippen molar-refractivity contribution in [3.63, 3.8) is 0 Å². The van der Waals surface area contributed by atoms with E-state index in [0.29, 0.717) is 12.5 Å². The number of nitro benzene ring substituents is 1. The van der Waals surface area contributed by atoms with Gasteiger partial charge in [-0.15, -0.1) is 0 Å². The minimum absolute atomic E-state index is 0.0780. The molecule has 0 aliphatic rings. The zero-order valence-electron chi connectivity index (χ0n) is 12.8. The third-order valence-electron chi connectivity index (χ3n) is 2.89. The highest BCUT2D eigenvalue weighted by Crippen LogP contribution is 2.26. The van der Waals surface area contributed by atoms with Crippen LogP contribution in [0.1, 0.15) is 20.3 Å². The second-order valence-electron chi connectivity index (χ2n) is 5.18. The third kappa shape index (κ3) is 5.96. The van der Waals surface area contributed by atoms with Crippen LogP contribution in [0.3, 0.4) is 0 Å². The van der Waals surface area contributed by atoms with Gasteiger partial charge in [-0.05, 0) is 18.4 Å². The minimum atomic E-state index is -0.688. The molecule has 0 aromatic heterocycles. The molecule has 0 aliphatic heterocycles. The van der Waals surface area contributed by atoms with E-state index in [1.807, 2.05) is 0 Å². The molecule has 0 heterocycles. The Hall–Kier alpha value is -2.59. The first-order valence-electron chi connectivity index (χ1n) is 6.94. The van der Waals surface area contributed by atoms with Crippen molar-refractivity contribution in [3.8, 4) is 6.07 Å². The average molecular weight is 337 g/mol. The molecule has 0 atom stereocenters. The summed E-state index contributed by atoms with van der Waals surface area (Å²) in [6.07, 6.45) is 2.22. The zero-order chi connectivity index (χ0) is 17.4. The molecule has 122 valence electrons. The van der Waals surface area contributed by atoms with E-state index < -0.39 is 10.8 Å². The third-order valence-corrected chi connectivity index (χ3v) is 3.22. The summed E-state index contributed by atoms with van der Waals surface area (Å²) in [5.41, 5.74) is -0.271. The van der Waals surface area contributed by atoms with Crippen LogP contribution in [0, 0.1) is 27.4 Å². The van der Waals surface area contributed by atoms with Gasteiger partial charge in [0.1, 0.15) is 11.6 Å². The van der Waals surface area contributed by atoms with Crippen molar-refractivity contribution in [1.82, 2.24) is 5.32 Å². The van der Waals surface area contributed by atoms with Crippen molar-refractivity contribution < 1.29 is 9.72 Å². The van der Waals surface area contributed by atoms with Crippen LogP contribution in [-0.4, -0.2) is 17.4 Å². The van der Waals surface area contributed by atoms with E-state index in [4.69, 9.17) is 16.9 Å². The molecule has 8 heteroatoms. The van der Waals surface area contributed by atoms with E-state index in [-0.39, 0.29) is 22.0 Å². The predicted octanol–water partition coefficient (Wildman–Crippen LogP) is 3.23. The Balaban J connectivity index is 2.80. The standard InChI is InChI=1S/C15H17ClN4O3/c1-10(2)5-6-18-9-11(8-17)15(21)19-14-7-12(20(22)23)3-4-13(14)16/h3-4,7,9-10,18H,5-6H2,1-2H3,(H,19,21)/b11-9-. The molecule has 1 rings (SSSR count). The van der Waals surface area contributed by atoms with E-state index >= 15 is 0 Å². The van der Waals surface area contributed by atoms with Gasteiger partial charge >= 0.3 is 0 Å². The first kappa shape index (κ1) is 18.5. The maximum atomic E-state index is 12.0. The molecule has 0 radical (unpaired) electrons. The number of benzene rings is 1. The Labute approximate surface area is 139 Å². The summed E-state index contributed by atoms with van der Waals surface area (Å²) in [5.74, 6) is -0.189. The summed E-state index contributed by atoms with van der Waals surface area (Å²) in [6, 6.07) is 5.46. The SMILES string of the molecule is CC(C)CCN/C=C(/C#N)C(=O)Nc1cc([N+](=O)[O-])ccc1Cl. The molecule has 0 bridgehead atoms. The molecule has 1 aromatic carbocycles. The number of rotatable bonds is 7. The van der Waals surface area contributed by atoms with Crippen molar-refractivity contribution in [2.75, 3.05) is 11.9 Å². The number of anilines is 1. The zero-order valence-corrected chi connectivity index (χ0v) is 13.6. The molecule has 0 spiro atoms. The van der Waals surface area contributed by atoms with Crippen LogP contribution < -0.4 is 10.6 Å². The lowest BCUT2D eigenvalue weighted by atomic mass is 10.1. The Morgan fingerprint density at radius 1 is 1.52 bits per heavy atom. The Bertz CT molecular complexity index is 665. The summed E-state index contributed by atoms with van der Waals surface area (Å²) in [7, 11) is 0. The van der Waals surface area contributed by atoms with Crippen molar-refractivity contribution in [2.45, 2.75) is 20.3 Å². The van der Waals surface area contributed by atoms with E-state index in [1.54, 1.807) is 6.07 Å². The molecular formula is C15H17ClN4O3. The van der Waals surface area contributed by atoms with Gasteiger partial charge in [-0.3, -0.25) is 14.9 Å². The van der Waals surface area contributed by atoms with Gasteiger partial charge in [-0.2, -0.15) is 5.26 Å². The maximum Gasteiger partial charge on any atom is 0.271 e. The molecule has 1 amide bonds. The van der Waals surface area contributed by atoms with Crippen LogP contribution in [0.4, 0.5) is 11.4 Å². The predicted molar refractivity (Wildman–Crippen MR) is 87.9 cm³/mol. The van der Waals surface area contributed by atoms with Crippen LogP contribution in [0.5, 0.6) is 0 Å². The number of nitrogens with one attached hydrogen (secondary N) is 2. The van der Waals surface area contributed by atoms with Crippen LogP contribution in [0.2, 0.25) is 5.02 Å². The number of carbonyl (C=O) groups is 1. The van der Waals surface area contributed by atoms with Crippen LogP contribution >= 0.6 is 11.6 Å². The fourth-order valence-corrected chi connectivity index (χ4v) is 1.77. The lowest BCUT2D eigenvalue weighted by molar-refractivity contribution is -0.384. The van der Waals surface area contributed by atoms with Crippen molar-refractivity contribution in [3.05, 3.63) is 45.1 Å². The van der Waals surface area contributed by atoms with Crippen LogP contribution in [0.15, 0.2) is 30.0 Å². The lowest BCUT2D eigenvalue weighted by Gasteiger charge is -2.07. The molecule has 23 heavy (non-hydrogen) atoms. The first-order chi connectivity index (χ1) is 10.8. The van der Waals surface area contributed by atoms with Crippen molar-refractivity contribution >= 4 is 28.9 Å². The molecule has 2 N–H and O–H groups in total. The van der Waals surface area contributed by atoms with Crippen LogP contribution in [-0.2, 0) is 4.79 Å². The molecule has 7 nitrogen and oxygen atoms in total. The average Bonchev–Trinajstić information content (AvgIpc) is 2.48. The Morgan fingerprint density at radius 2 is 2.22 bits per heavy atom. The number of nitrogens with zero attached hydrogens (tertiary/aromatic N) is 2. The van der Waals surface area contributed by atoms with E-state index in [2.05, 4.69) is 24.5 Å². The summed E-state index contributed by atoms with van der Waals surface area (Å²) in [6.45, 7) is 4.76. The largest absolute Gasteiger partial charge is 0.390 e. The minimum Gasteiger partial charge on any atom is -0.390 e. The molecule has 0 saturated heterocycles. The van der Waals surface area contributed by atoms with Crippen molar-refractivity contribution in [2.24, 2.45) is 5.92 Å². The van der Waals surface area contributed by atoms with Crippen LogP contribution in [0.25, 0.3) is 0 Å². The number of halogens is 1. The summed E-state index contributed by atoms with van der Waals surface area (Å²) >= 11 is 5.90. The highest BCUT2D eigenvalue weighted by molar-refractivity contribution is 6.34. The normalized spacial score (nSPS) is 11.0. The molecular weight excluding hydrogens is 320 g/mol. The number of hydrogen-bond donors (Lipinski definition) is 2. The van der Waals surface area contributed by atoms with Gasteiger partial charge in [0, 0.05) is 24.9 Å². The van der Waals surface area contributed by atoms with E-state index in [0.717, 1.165) is 12.5 Å². The first-order valence-corrected chi connectivity index (χ1v) is 7.32. The number of carbonyl (C=O) groups excluding carboxylic acids is 1. The summed E-state index contributed by atoms with van der Waals surface area (Å²) in [5, 5.41) is 25.2. The van der Waals surface area contributed by atoms with Gasteiger partial charge in [0.2, 0.25) is 0 Å². The molecule has 0 unspecified atom stereocenters. The molecule has 0 aliphatic carbocycles. The Kier molecular flexibility index (Phi) is 7.03. The van der Waals surface area contributed by atoms with E-state index in [1.165, 1.54) is 18.3 Å². The Morgan fingerprint density at radius 3 is 2.78 bits per heavy atom. The quantitative estimate of drug-likeness (QED) is 0.261. The van der Waals surface area contributed by atoms with Crippen molar-refractivity contribution in [1.29, 1.82) is 5.26 Å². The van der Waals surface area contributed by atoms with Gasteiger partial charge in [-0.25, -0.2) is 0 Å². The van der Waals surface area contributed by atoms with E-state index in [9.17, 15) is 14.9 Å². The topological polar surface area (TPSA) is 108 Å². The second-order valence-corrected chi connectivity index (χ2v) is 5.59. The van der Waals surface area contributed by atoms with Gasteiger partial charge < -0.3 is 10.6 Å². The number of nitriles is 1. The molecule has 0 fully saturated rings. The smallest absolute Gasteiger partial charge is 0.271 e. The van der Waals surface area contributed by atoms with Gasteiger partial charge in [0.25, 0.3) is 11.6 Å². The fourth-order valence-electron chi connectivity index (χ4n) is 1.61. The molecule has 0 saturated carbocycles. The lowest BCUT2D eigenvalue weighted by Crippen LogP contribution is -2.18. The van der Waals surface area contributed by atoms with Gasteiger partial charge in [0.05, 0.1) is 15.6 Å². The highest BCUT2D eigenvalue weighted by Gasteiger charge is 2.14. The number of non-ortho nitro benzene ring substituents is 1. The summed E-state index contributed by atoms with van der Waals surface area (Å²) in [4.78, 5) is 22.2. The second kappa shape index (κ2) is 8.76. The maximum absolute atomic E-state index is 12.0. The summed E-state index contributed by atoms with van der Waals surface area (Å²) < 4.78 is 0. The van der Waals surface area contributed by atoms with Gasteiger partial charge in [-0.1, -0.05) is 25.4 Å². The number of hydrogen-bond acceptors (Lipinski definition) is 5. The fraction of sp³-hybridized carbons (Fsp3) is 0.333.